The van der Waals surface area contributed by atoms with Gasteiger partial charge in [-0.2, -0.15) is 0 Å². The van der Waals surface area contributed by atoms with E-state index >= 15 is 0 Å². The van der Waals surface area contributed by atoms with Crippen molar-refractivity contribution in [1.29, 1.82) is 0 Å². The summed E-state index contributed by atoms with van der Waals surface area (Å²) in [6, 6.07) is 0. The number of carbonyl (C=O) groups is 1. The van der Waals surface area contributed by atoms with Crippen molar-refractivity contribution in [3.8, 4) is 0 Å². The molecule has 0 aromatic carbocycles. The van der Waals surface area contributed by atoms with Crippen molar-refractivity contribution in [1.82, 2.24) is 20.2 Å². The molecule has 136 valence electrons. The molecule has 1 saturated heterocycles. The third-order valence-electron chi connectivity index (χ3n) is 4.84. The molecule has 0 atom stereocenters. The predicted molar refractivity (Wildman–Crippen MR) is 100 cm³/mol. The molecular formula is C18H26N4O2S. The van der Waals surface area contributed by atoms with Crippen LogP contribution in [0.1, 0.15) is 40.6 Å². The Morgan fingerprint density at radius 3 is 2.60 bits per heavy atom. The van der Waals surface area contributed by atoms with Crippen LogP contribution in [0, 0.1) is 20.8 Å². The largest absolute Gasteiger partial charge is 0.379 e. The summed E-state index contributed by atoms with van der Waals surface area (Å²) in [5, 5.41) is 4.12. The highest BCUT2D eigenvalue weighted by Gasteiger charge is 2.29. The Labute approximate surface area is 152 Å². The number of rotatable bonds is 4. The molecule has 1 fully saturated rings. The maximum atomic E-state index is 12.8. The predicted octanol–water partition coefficient (Wildman–Crippen LogP) is 2.46. The van der Waals surface area contributed by atoms with E-state index in [1.165, 1.54) is 11.3 Å². The van der Waals surface area contributed by atoms with Crippen molar-refractivity contribution in [3.63, 3.8) is 0 Å². The van der Waals surface area contributed by atoms with Gasteiger partial charge in [0.25, 0.3) is 5.91 Å². The van der Waals surface area contributed by atoms with Crippen LogP contribution in [0.15, 0.2) is 0 Å². The number of morpholine rings is 1. The van der Waals surface area contributed by atoms with E-state index in [1.54, 1.807) is 0 Å². The first-order chi connectivity index (χ1) is 11.8. The quantitative estimate of drug-likeness (QED) is 0.905. The molecule has 0 saturated carbocycles. The fraction of sp³-hybridized carbons (Fsp3) is 0.611. The molecule has 3 rings (SSSR count). The first-order valence-electron chi connectivity index (χ1n) is 8.65. The monoisotopic (exact) mass is 362 g/mol. The number of hydrogen-bond donors (Lipinski definition) is 1. The topological polar surface area (TPSA) is 67.4 Å². The van der Waals surface area contributed by atoms with E-state index in [0.717, 1.165) is 58.5 Å². The van der Waals surface area contributed by atoms with Gasteiger partial charge in [0, 0.05) is 36.3 Å². The minimum absolute atomic E-state index is 0.0288. The molecule has 3 heterocycles. The van der Waals surface area contributed by atoms with Crippen LogP contribution in [0.2, 0.25) is 0 Å². The summed E-state index contributed by atoms with van der Waals surface area (Å²) >= 11 is 1.45. The molecule has 6 nitrogen and oxygen atoms in total. The first kappa shape index (κ1) is 18.2. The molecule has 1 amide bonds. The average Bonchev–Trinajstić information content (AvgIpc) is 2.90. The number of nitrogens with one attached hydrogen (secondary N) is 1. The van der Waals surface area contributed by atoms with Gasteiger partial charge in [0.15, 0.2) is 0 Å². The van der Waals surface area contributed by atoms with E-state index in [0.29, 0.717) is 6.54 Å². The minimum atomic E-state index is -0.101. The van der Waals surface area contributed by atoms with Crippen LogP contribution in [0.5, 0.6) is 0 Å². The van der Waals surface area contributed by atoms with Crippen LogP contribution >= 0.6 is 11.3 Å². The summed E-state index contributed by atoms with van der Waals surface area (Å²) in [4.78, 5) is 25.7. The van der Waals surface area contributed by atoms with Gasteiger partial charge in [0.1, 0.15) is 10.7 Å². The Hall–Kier alpha value is -1.57. The Balaban J connectivity index is 1.76. The van der Waals surface area contributed by atoms with Crippen molar-refractivity contribution >= 4 is 27.5 Å². The number of ether oxygens (including phenoxy) is 1. The van der Waals surface area contributed by atoms with Crippen molar-refractivity contribution in [2.24, 2.45) is 0 Å². The second kappa shape index (κ2) is 6.97. The fourth-order valence-electron chi connectivity index (χ4n) is 3.35. The lowest BCUT2D eigenvalue weighted by Crippen LogP contribution is -2.55. The van der Waals surface area contributed by atoms with Crippen molar-refractivity contribution in [3.05, 3.63) is 22.0 Å². The molecule has 0 spiro atoms. The normalized spacial score (nSPS) is 16.4. The van der Waals surface area contributed by atoms with E-state index in [9.17, 15) is 4.79 Å². The number of carbonyl (C=O) groups excluding carboxylic acids is 1. The Kier molecular flexibility index (Phi) is 5.09. The average molecular weight is 362 g/mol. The van der Waals surface area contributed by atoms with Crippen LogP contribution in [0.4, 0.5) is 0 Å². The van der Waals surface area contributed by atoms with Gasteiger partial charge in [-0.15, -0.1) is 11.3 Å². The Morgan fingerprint density at radius 2 is 1.92 bits per heavy atom. The van der Waals surface area contributed by atoms with E-state index in [-0.39, 0.29) is 11.4 Å². The summed E-state index contributed by atoms with van der Waals surface area (Å²) in [6.45, 7) is 14.1. The van der Waals surface area contributed by atoms with Gasteiger partial charge < -0.3 is 10.1 Å². The van der Waals surface area contributed by atoms with Gasteiger partial charge in [-0.3, -0.25) is 9.69 Å². The van der Waals surface area contributed by atoms with Crippen LogP contribution in [-0.2, 0) is 4.74 Å². The Bertz CT molecular complexity index is 794. The molecule has 0 aliphatic carbocycles. The number of aromatic nitrogens is 2. The summed E-state index contributed by atoms with van der Waals surface area (Å²) in [7, 11) is 0. The molecular weight excluding hydrogens is 336 g/mol. The zero-order valence-electron chi connectivity index (χ0n) is 15.6. The van der Waals surface area contributed by atoms with Gasteiger partial charge in [-0.05, 0) is 40.2 Å². The van der Waals surface area contributed by atoms with E-state index in [4.69, 9.17) is 4.74 Å². The summed E-state index contributed by atoms with van der Waals surface area (Å²) in [5.74, 6) is 0.713. The fourth-order valence-corrected chi connectivity index (χ4v) is 4.54. The third-order valence-corrected chi connectivity index (χ3v) is 6.02. The number of amides is 1. The number of thiophene rings is 1. The number of nitrogens with zero attached hydrogens (tertiary/aromatic N) is 3. The maximum Gasteiger partial charge on any atom is 0.261 e. The Morgan fingerprint density at radius 1 is 1.24 bits per heavy atom. The molecule has 0 unspecified atom stereocenters. The number of fused-ring (bicyclic) bond motifs is 1. The highest BCUT2D eigenvalue weighted by atomic mass is 32.1. The zero-order chi connectivity index (χ0) is 18.2. The molecule has 25 heavy (non-hydrogen) atoms. The van der Waals surface area contributed by atoms with Crippen LogP contribution in [0.3, 0.4) is 0 Å². The van der Waals surface area contributed by atoms with Gasteiger partial charge in [0.05, 0.1) is 18.1 Å². The number of hydrogen-bond acceptors (Lipinski definition) is 6. The van der Waals surface area contributed by atoms with E-state index in [2.05, 4.69) is 34.0 Å². The van der Waals surface area contributed by atoms with Crippen molar-refractivity contribution in [2.45, 2.75) is 40.2 Å². The number of aryl methyl sites for hydroxylation is 3. The smallest absolute Gasteiger partial charge is 0.261 e. The summed E-state index contributed by atoms with van der Waals surface area (Å²) < 4.78 is 5.42. The van der Waals surface area contributed by atoms with Gasteiger partial charge in [0.2, 0.25) is 0 Å². The lowest BCUT2D eigenvalue weighted by molar-refractivity contribution is -0.00922. The lowest BCUT2D eigenvalue weighted by Gasteiger charge is -2.40. The molecule has 1 N–H and O–H groups in total. The van der Waals surface area contributed by atoms with Crippen LogP contribution in [-0.4, -0.2) is 59.2 Å². The minimum Gasteiger partial charge on any atom is -0.379 e. The molecule has 0 radical (unpaired) electrons. The highest BCUT2D eigenvalue weighted by Crippen LogP contribution is 2.31. The molecule has 7 heteroatoms. The van der Waals surface area contributed by atoms with Crippen molar-refractivity contribution < 1.29 is 9.53 Å². The van der Waals surface area contributed by atoms with Gasteiger partial charge in [-0.1, -0.05) is 0 Å². The first-order valence-corrected chi connectivity index (χ1v) is 9.46. The molecule has 0 bridgehead atoms. The van der Waals surface area contributed by atoms with E-state index in [1.807, 2.05) is 20.8 Å². The summed E-state index contributed by atoms with van der Waals surface area (Å²) in [5.41, 5.74) is 1.80. The molecule has 1 aliphatic rings. The molecule has 2 aromatic heterocycles. The second-order valence-electron chi connectivity index (χ2n) is 7.19. The lowest BCUT2D eigenvalue weighted by atomic mass is 10.0. The van der Waals surface area contributed by atoms with Crippen LogP contribution < -0.4 is 5.32 Å². The highest BCUT2D eigenvalue weighted by molar-refractivity contribution is 7.20. The summed E-state index contributed by atoms with van der Waals surface area (Å²) in [6.07, 6.45) is 0. The molecule has 1 aliphatic heterocycles. The third kappa shape index (κ3) is 3.68. The maximum absolute atomic E-state index is 12.8. The molecule has 2 aromatic rings. The second-order valence-corrected chi connectivity index (χ2v) is 8.19. The SMILES string of the molecule is Cc1nc(C)c2c(C)c(C(=O)NCC(C)(C)N3CCOCC3)sc2n1. The van der Waals surface area contributed by atoms with Crippen molar-refractivity contribution in [2.75, 3.05) is 32.8 Å². The van der Waals surface area contributed by atoms with E-state index < -0.39 is 0 Å². The zero-order valence-corrected chi connectivity index (χ0v) is 16.4. The van der Waals surface area contributed by atoms with Gasteiger partial charge >= 0.3 is 0 Å². The van der Waals surface area contributed by atoms with Crippen LogP contribution in [0.25, 0.3) is 10.2 Å². The standard InChI is InChI=1S/C18H26N4O2S/c1-11-14-12(2)20-13(3)21-17(14)25-15(11)16(23)19-10-18(4,5)22-6-8-24-9-7-22/h6-10H2,1-5H3,(H,19,23). The van der Waals surface area contributed by atoms with Gasteiger partial charge in [-0.25, -0.2) is 9.97 Å².